The molecule has 1 aromatic carbocycles. The fourth-order valence-electron chi connectivity index (χ4n) is 1.55. The van der Waals surface area contributed by atoms with Gasteiger partial charge in [-0.3, -0.25) is 0 Å². The zero-order chi connectivity index (χ0) is 14.8. The molecule has 3 nitrogen and oxygen atoms in total. The first-order chi connectivity index (χ1) is 9.33. The third-order valence-electron chi connectivity index (χ3n) is 2.30. The molecule has 0 amide bonds. The number of aromatic nitrogens is 1. The molecular weight excluding hydrogens is 289 g/mol. The van der Waals surface area contributed by atoms with Crippen LogP contribution in [0.15, 0.2) is 29.6 Å². The number of halogens is 3. The molecule has 1 heterocycles. The highest BCUT2D eigenvalue weighted by molar-refractivity contribution is 7.14. The summed E-state index contributed by atoms with van der Waals surface area (Å²) in [4.78, 5) is 4.37. The van der Waals surface area contributed by atoms with Gasteiger partial charge in [-0.2, -0.15) is 0 Å². The molecule has 0 aliphatic heterocycles. The van der Waals surface area contributed by atoms with E-state index >= 15 is 0 Å². The number of alkyl halides is 3. The van der Waals surface area contributed by atoms with Gasteiger partial charge in [0.2, 0.25) is 0 Å². The zero-order valence-electron chi connectivity index (χ0n) is 10.9. The number of anilines is 1. The SMILES string of the molecule is CC(C)Nc1nc(-c2ccc(OC(F)(F)F)cc2)cs1. The zero-order valence-corrected chi connectivity index (χ0v) is 11.7. The van der Waals surface area contributed by atoms with Crippen molar-refractivity contribution in [3.63, 3.8) is 0 Å². The summed E-state index contributed by atoms with van der Waals surface area (Å²) >= 11 is 1.45. The standard InChI is InChI=1S/C13H13F3N2OS/c1-8(2)17-12-18-11(7-20-12)9-3-5-10(6-4-9)19-13(14,15)16/h3-8H,1-2H3,(H,17,18). The first-order valence-electron chi connectivity index (χ1n) is 5.92. The van der Waals surface area contributed by atoms with E-state index in [9.17, 15) is 13.2 Å². The van der Waals surface area contributed by atoms with E-state index in [1.807, 2.05) is 19.2 Å². The van der Waals surface area contributed by atoms with Gasteiger partial charge in [-0.1, -0.05) is 0 Å². The minimum Gasteiger partial charge on any atom is -0.406 e. The summed E-state index contributed by atoms with van der Waals surface area (Å²) < 4.78 is 40.0. The van der Waals surface area contributed by atoms with E-state index in [0.29, 0.717) is 0 Å². The van der Waals surface area contributed by atoms with Crippen molar-refractivity contribution in [3.8, 4) is 17.0 Å². The Morgan fingerprint density at radius 1 is 1.20 bits per heavy atom. The smallest absolute Gasteiger partial charge is 0.406 e. The van der Waals surface area contributed by atoms with E-state index in [4.69, 9.17) is 0 Å². The van der Waals surface area contributed by atoms with Gasteiger partial charge in [0.05, 0.1) is 5.69 Å². The van der Waals surface area contributed by atoms with Crippen molar-refractivity contribution in [1.82, 2.24) is 4.98 Å². The first-order valence-corrected chi connectivity index (χ1v) is 6.80. The predicted octanol–water partition coefficient (Wildman–Crippen LogP) is 4.53. The number of thiazole rings is 1. The fourth-order valence-corrected chi connectivity index (χ4v) is 2.41. The normalized spacial score (nSPS) is 11.7. The van der Waals surface area contributed by atoms with Crippen LogP contribution in [0.2, 0.25) is 0 Å². The van der Waals surface area contributed by atoms with E-state index in [-0.39, 0.29) is 11.8 Å². The van der Waals surface area contributed by atoms with Crippen molar-refractivity contribution in [2.24, 2.45) is 0 Å². The number of ether oxygens (including phenoxy) is 1. The van der Waals surface area contributed by atoms with Gasteiger partial charge in [0.25, 0.3) is 0 Å². The molecule has 2 aromatic rings. The average Bonchev–Trinajstić information content (AvgIpc) is 2.75. The minimum absolute atomic E-state index is 0.239. The fraction of sp³-hybridized carbons (Fsp3) is 0.308. The number of hydrogen-bond acceptors (Lipinski definition) is 4. The van der Waals surface area contributed by atoms with E-state index in [1.165, 1.54) is 23.5 Å². The Morgan fingerprint density at radius 2 is 1.85 bits per heavy atom. The van der Waals surface area contributed by atoms with Gasteiger partial charge < -0.3 is 10.1 Å². The summed E-state index contributed by atoms with van der Waals surface area (Å²) in [5.41, 5.74) is 1.46. The molecular formula is C13H13F3N2OS. The van der Waals surface area contributed by atoms with Crippen LogP contribution in [0.3, 0.4) is 0 Å². The Kier molecular flexibility index (Phi) is 4.17. The lowest BCUT2D eigenvalue weighted by atomic mass is 10.2. The Bertz CT molecular complexity index is 564. The van der Waals surface area contributed by atoms with Crippen molar-refractivity contribution < 1.29 is 17.9 Å². The molecule has 0 unspecified atom stereocenters. The van der Waals surface area contributed by atoms with Crippen LogP contribution in [-0.4, -0.2) is 17.4 Å². The Balaban J connectivity index is 2.11. The van der Waals surface area contributed by atoms with E-state index in [2.05, 4.69) is 15.0 Å². The summed E-state index contributed by atoms with van der Waals surface area (Å²) in [5.74, 6) is -0.239. The van der Waals surface area contributed by atoms with Crippen molar-refractivity contribution >= 4 is 16.5 Å². The molecule has 0 spiro atoms. The molecule has 0 radical (unpaired) electrons. The highest BCUT2D eigenvalue weighted by Crippen LogP contribution is 2.28. The molecule has 2 rings (SSSR count). The van der Waals surface area contributed by atoms with Crippen LogP contribution in [0.25, 0.3) is 11.3 Å². The second-order valence-electron chi connectivity index (χ2n) is 4.41. The number of nitrogens with one attached hydrogen (secondary N) is 1. The lowest BCUT2D eigenvalue weighted by Gasteiger charge is -2.08. The van der Waals surface area contributed by atoms with Crippen LogP contribution in [0.4, 0.5) is 18.3 Å². The maximum absolute atomic E-state index is 12.0. The largest absolute Gasteiger partial charge is 0.573 e. The molecule has 0 fully saturated rings. The molecule has 20 heavy (non-hydrogen) atoms. The van der Waals surface area contributed by atoms with E-state index in [0.717, 1.165) is 16.4 Å². The highest BCUT2D eigenvalue weighted by atomic mass is 32.1. The summed E-state index contributed by atoms with van der Waals surface area (Å²) in [6.07, 6.45) is -4.67. The summed E-state index contributed by atoms with van der Waals surface area (Å²) in [6.45, 7) is 4.01. The molecule has 1 N–H and O–H groups in total. The van der Waals surface area contributed by atoms with Crippen molar-refractivity contribution in [2.75, 3.05) is 5.32 Å². The van der Waals surface area contributed by atoms with Crippen LogP contribution < -0.4 is 10.1 Å². The second-order valence-corrected chi connectivity index (χ2v) is 5.27. The molecule has 0 saturated heterocycles. The lowest BCUT2D eigenvalue weighted by molar-refractivity contribution is -0.274. The van der Waals surface area contributed by atoms with Crippen LogP contribution in [0, 0.1) is 0 Å². The quantitative estimate of drug-likeness (QED) is 0.901. The van der Waals surface area contributed by atoms with Gasteiger partial charge in [-0.25, -0.2) is 4.98 Å². The number of nitrogens with zero attached hydrogens (tertiary/aromatic N) is 1. The molecule has 7 heteroatoms. The molecule has 0 aliphatic carbocycles. The van der Waals surface area contributed by atoms with E-state index < -0.39 is 6.36 Å². The molecule has 0 atom stereocenters. The number of benzene rings is 1. The van der Waals surface area contributed by atoms with Gasteiger partial charge in [-0.15, -0.1) is 24.5 Å². The maximum atomic E-state index is 12.0. The molecule has 0 aliphatic rings. The molecule has 108 valence electrons. The van der Waals surface area contributed by atoms with Gasteiger partial charge >= 0.3 is 6.36 Å². The lowest BCUT2D eigenvalue weighted by Crippen LogP contribution is -2.16. The topological polar surface area (TPSA) is 34.2 Å². The Hall–Kier alpha value is -1.76. The first kappa shape index (κ1) is 14.6. The van der Waals surface area contributed by atoms with Gasteiger partial charge in [0, 0.05) is 17.0 Å². The Morgan fingerprint density at radius 3 is 2.40 bits per heavy atom. The molecule has 0 bridgehead atoms. The van der Waals surface area contributed by atoms with Crippen LogP contribution in [-0.2, 0) is 0 Å². The number of rotatable bonds is 4. The highest BCUT2D eigenvalue weighted by Gasteiger charge is 2.30. The minimum atomic E-state index is -4.67. The average molecular weight is 302 g/mol. The van der Waals surface area contributed by atoms with Crippen molar-refractivity contribution in [3.05, 3.63) is 29.6 Å². The van der Waals surface area contributed by atoms with Gasteiger partial charge in [0.1, 0.15) is 5.75 Å². The second kappa shape index (κ2) is 5.70. The van der Waals surface area contributed by atoms with Crippen LogP contribution in [0.1, 0.15) is 13.8 Å². The molecule has 1 aromatic heterocycles. The van der Waals surface area contributed by atoms with Gasteiger partial charge in [-0.05, 0) is 38.1 Å². The predicted molar refractivity (Wildman–Crippen MR) is 73.0 cm³/mol. The monoisotopic (exact) mass is 302 g/mol. The summed E-state index contributed by atoms with van der Waals surface area (Å²) in [6, 6.07) is 5.93. The third kappa shape index (κ3) is 4.12. The van der Waals surface area contributed by atoms with E-state index in [1.54, 1.807) is 12.1 Å². The summed E-state index contributed by atoms with van der Waals surface area (Å²) in [7, 11) is 0. The van der Waals surface area contributed by atoms with Crippen molar-refractivity contribution in [2.45, 2.75) is 26.3 Å². The summed E-state index contributed by atoms with van der Waals surface area (Å²) in [5, 5.41) is 5.81. The van der Waals surface area contributed by atoms with Gasteiger partial charge in [0.15, 0.2) is 5.13 Å². The number of hydrogen-bond donors (Lipinski definition) is 1. The maximum Gasteiger partial charge on any atom is 0.573 e. The Labute approximate surface area is 118 Å². The molecule has 0 saturated carbocycles. The van der Waals surface area contributed by atoms with Crippen molar-refractivity contribution in [1.29, 1.82) is 0 Å². The van der Waals surface area contributed by atoms with Crippen LogP contribution >= 0.6 is 11.3 Å². The third-order valence-corrected chi connectivity index (χ3v) is 3.07. The van der Waals surface area contributed by atoms with Crippen LogP contribution in [0.5, 0.6) is 5.75 Å².